The van der Waals surface area contributed by atoms with Crippen molar-refractivity contribution in [1.29, 1.82) is 0 Å². The van der Waals surface area contributed by atoms with Crippen molar-refractivity contribution in [2.24, 2.45) is 0 Å². The average molecular weight is 324 g/mol. The second-order valence-corrected chi connectivity index (χ2v) is 4.86. The van der Waals surface area contributed by atoms with Crippen molar-refractivity contribution >= 4 is 15.9 Å². The highest BCUT2D eigenvalue weighted by atomic mass is 79.9. The van der Waals surface area contributed by atoms with Crippen molar-refractivity contribution in [3.63, 3.8) is 0 Å². The van der Waals surface area contributed by atoms with Gasteiger partial charge in [-0.1, -0.05) is 6.07 Å². The predicted octanol–water partition coefficient (Wildman–Crippen LogP) is 2.92. The first-order valence-electron chi connectivity index (χ1n) is 5.73. The fourth-order valence-electron chi connectivity index (χ4n) is 1.63. The van der Waals surface area contributed by atoms with Gasteiger partial charge in [0, 0.05) is 22.4 Å². The largest absolute Gasteiger partial charge is 0.493 e. The molecule has 0 aliphatic rings. The number of aromatic nitrogens is 1. The topological polar surface area (TPSA) is 51.6 Å². The first-order chi connectivity index (χ1) is 9.22. The molecule has 5 heteroatoms. The fourth-order valence-corrected chi connectivity index (χ4v) is 2.04. The van der Waals surface area contributed by atoms with Gasteiger partial charge in [-0.05, 0) is 39.7 Å². The molecule has 0 spiro atoms. The number of nitrogens with zero attached hydrogens (tertiary/aromatic N) is 1. The summed E-state index contributed by atoms with van der Waals surface area (Å²) >= 11 is 3.36. The SMILES string of the molecule is COc1ccc(CO)cc1OCc1cncc(Br)c1. The number of benzene rings is 1. The molecule has 1 heterocycles. The highest BCUT2D eigenvalue weighted by Crippen LogP contribution is 2.29. The van der Waals surface area contributed by atoms with Crippen LogP contribution in [0, 0.1) is 0 Å². The lowest BCUT2D eigenvalue weighted by Crippen LogP contribution is -1.99. The highest BCUT2D eigenvalue weighted by molar-refractivity contribution is 9.10. The lowest BCUT2D eigenvalue weighted by molar-refractivity contribution is 0.271. The quantitative estimate of drug-likeness (QED) is 0.919. The Morgan fingerprint density at radius 2 is 2.00 bits per heavy atom. The maximum absolute atomic E-state index is 9.13. The van der Waals surface area contributed by atoms with E-state index in [4.69, 9.17) is 14.6 Å². The summed E-state index contributed by atoms with van der Waals surface area (Å²) in [4.78, 5) is 4.07. The van der Waals surface area contributed by atoms with E-state index in [1.54, 1.807) is 37.7 Å². The molecule has 2 aromatic rings. The van der Waals surface area contributed by atoms with E-state index in [1.165, 1.54) is 0 Å². The Bertz CT molecular complexity index is 560. The Morgan fingerprint density at radius 1 is 1.16 bits per heavy atom. The normalized spacial score (nSPS) is 10.3. The van der Waals surface area contributed by atoms with Crippen LogP contribution in [-0.2, 0) is 13.2 Å². The van der Waals surface area contributed by atoms with Crippen LogP contribution < -0.4 is 9.47 Å². The number of halogens is 1. The maximum Gasteiger partial charge on any atom is 0.162 e. The molecule has 0 aliphatic carbocycles. The van der Waals surface area contributed by atoms with Crippen molar-refractivity contribution in [3.05, 3.63) is 52.3 Å². The second kappa shape index (κ2) is 6.54. The molecule has 1 N–H and O–H groups in total. The number of methoxy groups -OCH3 is 1. The van der Waals surface area contributed by atoms with Crippen LogP contribution in [-0.4, -0.2) is 17.2 Å². The molecule has 0 atom stereocenters. The summed E-state index contributed by atoms with van der Waals surface area (Å²) in [6, 6.07) is 7.28. The molecule has 4 nitrogen and oxygen atoms in total. The standard InChI is InChI=1S/C14H14BrNO3/c1-18-13-3-2-10(8-17)5-14(13)19-9-11-4-12(15)7-16-6-11/h2-7,17H,8-9H2,1H3. The molecule has 1 aromatic carbocycles. The van der Waals surface area contributed by atoms with Crippen LogP contribution in [0.3, 0.4) is 0 Å². The van der Waals surface area contributed by atoms with Gasteiger partial charge in [0.05, 0.1) is 13.7 Å². The zero-order valence-corrected chi connectivity index (χ0v) is 12.1. The molecule has 0 fully saturated rings. The molecule has 0 amide bonds. The van der Waals surface area contributed by atoms with Crippen molar-refractivity contribution in [3.8, 4) is 11.5 Å². The number of ether oxygens (including phenoxy) is 2. The Morgan fingerprint density at radius 3 is 2.68 bits per heavy atom. The van der Waals surface area contributed by atoms with Gasteiger partial charge in [-0.25, -0.2) is 0 Å². The van der Waals surface area contributed by atoms with Gasteiger partial charge in [-0.3, -0.25) is 4.98 Å². The number of aliphatic hydroxyl groups is 1. The third kappa shape index (κ3) is 3.68. The molecule has 0 saturated heterocycles. The fraction of sp³-hybridized carbons (Fsp3) is 0.214. The summed E-state index contributed by atoms with van der Waals surface area (Å²) in [5.41, 5.74) is 1.73. The van der Waals surface area contributed by atoms with E-state index in [0.29, 0.717) is 18.1 Å². The number of hydrogen-bond acceptors (Lipinski definition) is 4. The van der Waals surface area contributed by atoms with Gasteiger partial charge in [0.1, 0.15) is 6.61 Å². The van der Waals surface area contributed by atoms with Crippen LogP contribution in [0.4, 0.5) is 0 Å². The Hall–Kier alpha value is -1.59. The Kier molecular flexibility index (Phi) is 4.76. The van der Waals surface area contributed by atoms with Crippen LogP contribution in [0.15, 0.2) is 41.1 Å². The van der Waals surface area contributed by atoms with Crippen molar-refractivity contribution in [2.75, 3.05) is 7.11 Å². The van der Waals surface area contributed by atoms with E-state index >= 15 is 0 Å². The van der Waals surface area contributed by atoms with Crippen LogP contribution in [0.2, 0.25) is 0 Å². The monoisotopic (exact) mass is 323 g/mol. The minimum absolute atomic E-state index is 0.0290. The Balaban J connectivity index is 2.14. The zero-order chi connectivity index (χ0) is 13.7. The Labute approximate surface area is 120 Å². The summed E-state index contributed by atoms with van der Waals surface area (Å²) in [6.45, 7) is 0.358. The molecule has 0 aliphatic heterocycles. The molecular formula is C14H14BrNO3. The molecule has 19 heavy (non-hydrogen) atoms. The highest BCUT2D eigenvalue weighted by Gasteiger charge is 2.06. The van der Waals surface area contributed by atoms with Gasteiger partial charge in [-0.15, -0.1) is 0 Å². The summed E-state index contributed by atoms with van der Waals surface area (Å²) in [5, 5.41) is 9.13. The molecular weight excluding hydrogens is 310 g/mol. The van der Waals surface area contributed by atoms with Gasteiger partial charge in [0.25, 0.3) is 0 Å². The lowest BCUT2D eigenvalue weighted by atomic mass is 10.2. The average Bonchev–Trinajstić information content (AvgIpc) is 2.45. The molecule has 0 unspecified atom stereocenters. The molecule has 0 saturated carbocycles. The first-order valence-corrected chi connectivity index (χ1v) is 6.52. The molecule has 1 aromatic heterocycles. The minimum atomic E-state index is -0.0290. The number of aliphatic hydroxyl groups excluding tert-OH is 1. The van der Waals surface area contributed by atoms with Crippen LogP contribution in [0.1, 0.15) is 11.1 Å². The van der Waals surface area contributed by atoms with Gasteiger partial charge in [0.2, 0.25) is 0 Å². The minimum Gasteiger partial charge on any atom is -0.493 e. The second-order valence-electron chi connectivity index (χ2n) is 3.94. The number of pyridine rings is 1. The van der Waals surface area contributed by atoms with Crippen molar-refractivity contribution < 1.29 is 14.6 Å². The lowest BCUT2D eigenvalue weighted by Gasteiger charge is -2.11. The summed E-state index contributed by atoms with van der Waals surface area (Å²) in [5.74, 6) is 1.24. The van der Waals surface area contributed by atoms with Crippen LogP contribution in [0.25, 0.3) is 0 Å². The van der Waals surface area contributed by atoms with Crippen molar-refractivity contribution in [2.45, 2.75) is 13.2 Å². The predicted molar refractivity (Wildman–Crippen MR) is 75.2 cm³/mol. The van der Waals surface area contributed by atoms with Crippen LogP contribution in [0.5, 0.6) is 11.5 Å². The summed E-state index contributed by atoms with van der Waals surface area (Å²) in [7, 11) is 1.58. The molecule has 100 valence electrons. The van der Waals surface area contributed by atoms with Gasteiger partial charge >= 0.3 is 0 Å². The smallest absolute Gasteiger partial charge is 0.162 e. The van der Waals surface area contributed by atoms with Crippen molar-refractivity contribution in [1.82, 2.24) is 4.98 Å². The van der Waals surface area contributed by atoms with Crippen LogP contribution >= 0.6 is 15.9 Å². The zero-order valence-electron chi connectivity index (χ0n) is 10.5. The van der Waals surface area contributed by atoms with Gasteiger partial charge in [-0.2, -0.15) is 0 Å². The molecule has 0 radical (unpaired) electrons. The third-order valence-corrected chi connectivity index (χ3v) is 3.00. The van der Waals surface area contributed by atoms with E-state index in [1.807, 2.05) is 6.07 Å². The van der Waals surface area contributed by atoms with E-state index in [-0.39, 0.29) is 6.61 Å². The van der Waals surface area contributed by atoms with Gasteiger partial charge in [0.15, 0.2) is 11.5 Å². The van der Waals surface area contributed by atoms with E-state index < -0.39 is 0 Å². The summed E-state index contributed by atoms with van der Waals surface area (Å²) < 4.78 is 11.8. The van der Waals surface area contributed by atoms with E-state index in [2.05, 4.69) is 20.9 Å². The number of rotatable bonds is 5. The molecule has 2 rings (SSSR count). The van der Waals surface area contributed by atoms with Gasteiger partial charge < -0.3 is 14.6 Å². The maximum atomic E-state index is 9.13. The third-order valence-electron chi connectivity index (χ3n) is 2.57. The van der Waals surface area contributed by atoms with E-state index in [0.717, 1.165) is 15.6 Å². The van der Waals surface area contributed by atoms with E-state index in [9.17, 15) is 0 Å². The summed E-state index contributed by atoms with van der Waals surface area (Å²) in [6.07, 6.45) is 3.46. The first kappa shape index (κ1) is 13.8. The number of hydrogen-bond donors (Lipinski definition) is 1. The molecule has 0 bridgehead atoms.